The second-order valence-electron chi connectivity index (χ2n) is 8.83. The monoisotopic (exact) mass is 458 g/mol. The molecule has 7 nitrogen and oxygen atoms in total. The van der Waals surface area contributed by atoms with Crippen molar-refractivity contribution < 1.29 is 18.8 Å². The van der Waals surface area contributed by atoms with E-state index in [1.165, 1.54) is 12.1 Å². The van der Waals surface area contributed by atoms with Crippen molar-refractivity contribution in [2.24, 2.45) is 5.16 Å². The number of fused-ring (bicyclic) bond motifs is 4. The van der Waals surface area contributed by atoms with Crippen LogP contribution in [0, 0.1) is 12.7 Å². The van der Waals surface area contributed by atoms with E-state index in [9.17, 15) is 9.18 Å². The first-order chi connectivity index (χ1) is 16.5. The Morgan fingerprint density at radius 2 is 2.12 bits per heavy atom. The van der Waals surface area contributed by atoms with Gasteiger partial charge in [-0.25, -0.2) is 9.37 Å². The molecule has 0 N–H and O–H groups in total. The van der Waals surface area contributed by atoms with Gasteiger partial charge in [0.05, 0.1) is 24.8 Å². The maximum absolute atomic E-state index is 14.1. The van der Waals surface area contributed by atoms with Crippen molar-refractivity contribution in [2.75, 3.05) is 13.7 Å². The highest BCUT2D eigenvalue weighted by molar-refractivity contribution is 6.08. The van der Waals surface area contributed by atoms with Crippen molar-refractivity contribution in [3.05, 3.63) is 82.7 Å². The first-order valence-electron chi connectivity index (χ1n) is 11.3. The average molecular weight is 458 g/mol. The lowest BCUT2D eigenvalue weighted by molar-refractivity contribution is -0.157. The molecule has 1 unspecified atom stereocenters. The number of rotatable bonds is 3. The molecule has 1 fully saturated rings. The van der Waals surface area contributed by atoms with Crippen molar-refractivity contribution in [1.29, 1.82) is 0 Å². The zero-order valence-corrected chi connectivity index (χ0v) is 18.9. The van der Waals surface area contributed by atoms with Crippen LogP contribution in [0.2, 0.25) is 0 Å². The van der Waals surface area contributed by atoms with Gasteiger partial charge in [-0.15, -0.1) is 0 Å². The fraction of sp³-hybridized carbons (Fsp3) is 0.269. The lowest BCUT2D eigenvalue weighted by Crippen LogP contribution is -2.52. The molecular formula is C26H23FN4O3. The molecule has 2 aromatic carbocycles. The summed E-state index contributed by atoms with van der Waals surface area (Å²) >= 11 is 0. The Balaban J connectivity index is 1.36. The molecule has 0 amide bonds. The van der Waals surface area contributed by atoms with Crippen LogP contribution in [0.25, 0.3) is 11.8 Å². The van der Waals surface area contributed by atoms with Gasteiger partial charge in [0.15, 0.2) is 5.84 Å². The third kappa shape index (κ3) is 2.98. The quantitative estimate of drug-likeness (QED) is 0.590. The van der Waals surface area contributed by atoms with E-state index in [0.717, 1.165) is 46.7 Å². The van der Waals surface area contributed by atoms with Crippen molar-refractivity contribution in [3.63, 3.8) is 0 Å². The summed E-state index contributed by atoms with van der Waals surface area (Å²) < 4.78 is 21.7. The molecule has 0 bridgehead atoms. The molecule has 1 aromatic heterocycles. The van der Waals surface area contributed by atoms with Gasteiger partial charge in [0.1, 0.15) is 11.6 Å². The summed E-state index contributed by atoms with van der Waals surface area (Å²) in [6.45, 7) is 2.55. The third-order valence-electron chi connectivity index (χ3n) is 6.72. The molecule has 34 heavy (non-hydrogen) atoms. The number of amidine groups is 1. The number of ketones is 1. The molecule has 0 radical (unpaired) electrons. The molecule has 2 aliphatic heterocycles. The molecule has 3 aliphatic rings. The minimum Gasteiger partial charge on any atom is -0.495 e. The van der Waals surface area contributed by atoms with Gasteiger partial charge in [0.2, 0.25) is 5.78 Å². The highest BCUT2D eigenvalue weighted by Crippen LogP contribution is 2.46. The van der Waals surface area contributed by atoms with Crippen LogP contribution in [0.4, 0.5) is 4.39 Å². The second-order valence-corrected chi connectivity index (χ2v) is 8.83. The van der Waals surface area contributed by atoms with Crippen LogP contribution in [-0.4, -0.2) is 39.7 Å². The van der Waals surface area contributed by atoms with E-state index < -0.39 is 11.5 Å². The third-order valence-corrected chi connectivity index (χ3v) is 6.72. The summed E-state index contributed by atoms with van der Waals surface area (Å²) in [7, 11) is 1.64. The first kappa shape index (κ1) is 20.7. The first-order valence-corrected chi connectivity index (χ1v) is 11.3. The minimum atomic E-state index is -1.37. The van der Waals surface area contributed by atoms with Crippen LogP contribution in [0.5, 0.6) is 5.75 Å². The number of oxime groups is 1. The number of hydrogen-bond acceptors (Lipinski definition) is 6. The number of hydrogen-bond donors (Lipinski definition) is 0. The number of aromatic nitrogens is 2. The number of Topliss-reactive ketones (excluding diaryl/α,β-unsaturated/α-hetero) is 1. The molecule has 172 valence electrons. The predicted octanol–water partition coefficient (Wildman–Crippen LogP) is 4.13. The number of nitrogens with zero attached hydrogens (tertiary/aromatic N) is 4. The molecule has 6 rings (SSSR count). The standard InChI is InChI=1S/C26H23FN4O3/c1-16-14-30(15-28-16)22-8-5-17(11-23(22)33-2)10-19-4-3-9-31-25(19)29-34-26(31)21-13-20(27)7-6-18(21)12-24(26)32/h5-8,10-11,13-15H,3-4,9,12H2,1-2H3. The highest BCUT2D eigenvalue weighted by Gasteiger charge is 2.59. The van der Waals surface area contributed by atoms with E-state index in [1.54, 1.807) is 19.5 Å². The molecule has 1 saturated heterocycles. The van der Waals surface area contributed by atoms with Crippen molar-refractivity contribution in [1.82, 2.24) is 14.5 Å². The number of benzene rings is 2. The molecule has 0 saturated carbocycles. The zero-order valence-electron chi connectivity index (χ0n) is 18.9. The lowest BCUT2D eigenvalue weighted by atomic mass is 9.95. The van der Waals surface area contributed by atoms with Gasteiger partial charge in [0, 0.05) is 24.7 Å². The number of carbonyl (C=O) groups is 1. The molecule has 1 aliphatic carbocycles. The van der Waals surface area contributed by atoms with E-state index in [-0.39, 0.29) is 12.2 Å². The number of imidazole rings is 1. The number of aryl methyl sites for hydroxylation is 1. The summed E-state index contributed by atoms with van der Waals surface area (Å²) in [6.07, 6.45) is 7.58. The molecular weight excluding hydrogens is 435 g/mol. The van der Waals surface area contributed by atoms with Gasteiger partial charge >= 0.3 is 0 Å². The number of ether oxygens (including phenoxy) is 1. The normalized spacial score (nSPS) is 22.1. The summed E-state index contributed by atoms with van der Waals surface area (Å²) in [5.74, 6) is 0.841. The van der Waals surface area contributed by atoms with E-state index >= 15 is 0 Å². The predicted molar refractivity (Wildman–Crippen MR) is 124 cm³/mol. The average Bonchev–Trinajstić information content (AvgIpc) is 3.52. The lowest BCUT2D eigenvalue weighted by Gasteiger charge is -2.36. The fourth-order valence-corrected chi connectivity index (χ4v) is 5.14. The summed E-state index contributed by atoms with van der Waals surface area (Å²) in [4.78, 5) is 25.2. The van der Waals surface area contributed by atoms with Gasteiger partial charge < -0.3 is 19.0 Å². The van der Waals surface area contributed by atoms with Crippen LogP contribution < -0.4 is 4.74 Å². The maximum Gasteiger partial charge on any atom is 0.296 e. The number of methoxy groups -OCH3 is 1. The van der Waals surface area contributed by atoms with Gasteiger partial charge in [-0.1, -0.05) is 17.3 Å². The summed E-state index contributed by atoms with van der Waals surface area (Å²) in [5.41, 5.74) is 3.70. The zero-order chi connectivity index (χ0) is 23.4. The SMILES string of the molecule is COc1cc(C=C2CCCN3C2=NOC32C(=O)Cc3ccc(F)cc32)ccc1-n1cnc(C)c1. The molecule has 8 heteroatoms. The summed E-state index contributed by atoms with van der Waals surface area (Å²) in [5, 5.41) is 4.35. The van der Waals surface area contributed by atoms with E-state index in [1.807, 2.05) is 46.9 Å². The smallest absolute Gasteiger partial charge is 0.296 e. The highest BCUT2D eigenvalue weighted by atomic mass is 19.1. The topological polar surface area (TPSA) is 69.0 Å². The van der Waals surface area contributed by atoms with Gasteiger partial charge in [-0.05, 0) is 66.8 Å². The second kappa shape index (κ2) is 7.55. The Hall–Kier alpha value is -3.94. The Bertz CT molecular complexity index is 1390. The maximum atomic E-state index is 14.1. The van der Waals surface area contributed by atoms with Crippen molar-refractivity contribution in [2.45, 2.75) is 31.9 Å². The van der Waals surface area contributed by atoms with Crippen LogP contribution in [0.3, 0.4) is 0 Å². The molecule has 3 aromatic rings. The van der Waals surface area contributed by atoms with Crippen LogP contribution in [0.1, 0.15) is 35.2 Å². The van der Waals surface area contributed by atoms with Crippen LogP contribution in [0.15, 0.2) is 59.7 Å². The number of carbonyl (C=O) groups excluding carboxylic acids is 1. The van der Waals surface area contributed by atoms with Gasteiger partial charge in [-0.3, -0.25) is 4.79 Å². The largest absolute Gasteiger partial charge is 0.495 e. The van der Waals surface area contributed by atoms with Gasteiger partial charge in [-0.2, -0.15) is 0 Å². The Morgan fingerprint density at radius 3 is 2.91 bits per heavy atom. The molecule has 1 atom stereocenters. The van der Waals surface area contributed by atoms with Crippen LogP contribution in [-0.2, 0) is 21.8 Å². The number of piperidine rings is 1. The number of halogens is 1. The molecule has 3 heterocycles. The Labute approximate surface area is 196 Å². The summed E-state index contributed by atoms with van der Waals surface area (Å²) in [6, 6.07) is 10.4. The Kier molecular flexibility index (Phi) is 4.58. The molecule has 1 spiro atoms. The minimum absolute atomic E-state index is 0.116. The van der Waals surface area contributed by atoms with Crippen molar-refractivity contribution in [3.8, 4) is 11.4 Å². The fourth-order valence-electron chi connectivity index (χ4n) is 5.14. The van der Waals surface area contributed by atoms with Crippen LogP contribution >= 0.6 is 0 Å². The van der Waals surface area contributed by atoms with E-state index in [2.05, 4.69) is 10.1 Å². The van der Waals surface area contributed by atoms with Crippen molar-refractivity contribution >= 4 is 17.7 Å². The van der Waals surface area contributed by atoms with Gasteiger partial charge in [0.25, 0.3) is 5.72 Å². The van der Waals surface area contributed by atoms with E-state index in [0.29, 0.717) is 17.9 Å². The Morgan fingerprint density at radius 1 is 1.24 bits per heavy atom. The van der Waals surface area contributed by atoms with E-state index in [4.69, 9.17) is 9.57 Å².